The third-order valence-electron chi connectivity index (χ3n) is 3.79. The summed E-state index contributed by atoms with van der Waals surface area (Å²) in [6.45, 7) is 9.30. The van der Waals surface area contributed by atoms with Crippen LogP contribution in [0.2, 0.25) is 0 Å². The molecule has 84 valence electrons. The molecule has 2 heteroatoms. The first kappa shape index (κ1) is 12.0. The molecule has 1 rings (SSSR count). The van der Waals surface area contributed by atoms with E-state index < -0.39 is 0 Å². The van der Waals surface area contributed by atoms with Crippen LogP contribution in [0.3, 0.4) is 0 Å². The maximum atomic E-state index is 6.09. The van der Waals surface area contributed by atoms with Crippen LogP contribution in [-0.4, -0.2) is 30.1 Å². The Hall–Kier alpha value is -0.0800. The van der Waals surface area contributed by atoms with Gasteiger partial charge in [-0.15, -0.1) is 0 Å². The van der Waals surface area contributed by atoms with E-state index in [0.717, 1.165) is 12.3 Å². The van der Waals surface area contributed by atoms with Crippen molar-refractivity contribution in [1.29, 1.82) is 0 Å². The molecule has 0 bridgehead atoms. The number of nitrogens with two attached hydrogens (primary N) is 1. The van der Waals surface area contributed by atoms with Gasteiger partial charge in [-0.05, 0) is 38.6 Å². The molecule has 1 heterocycles. The zero-order chi connectivity index (χ0) is 10.6. The van der Waals surface area contributed by atoms with Crippen molar-refractivity contribution in [2.75, 3.05) is 13.1 Å². The molecule has 0 aliphatic carbocycles. The summed E-state index contributed by atoms with van der Waals surface area (Å²) in [6.07, 6.45) is 5.19. The smallest absolute Gasteiger partial charge is 0.0218 e. The normalized spacial score (nSPS) is 28.7. The van der Waals surface area contributed by atoms with Crippen LogP contribution in [0.25, 0.3) is 0 Å². The lowest BCUT2D eigenvalue weighted by Gasteiger charge is -2.38. The minimum atomic E-state index is 0.352. The van der Waals surface area contributed by atoms with Crippen LogP contribution in [0.5, 0.6) is 0 Å². The van der Waals surface area contributed by atoms with E-state index in [1.807, 2.05) is 0 Å². The maximum absolute atomic E-state index is 6.09. The first-order chi connectivity index (χ1) is 6.69. The number of hydrogen-bond acceptors (Lipinski definition) is 2. The minimum absolute atomic E-state index is 0.352. The Balaban J connectivity index is 2.42. The number of nitrogens with zero attached hydrogens (tertiary/aromatic N) is 1. The molecule has 0 amide bonds. The van der Waals surface area contributed by atoms with Gasteiger partial charge in [-0.1, -0.05) is 20.3 Å². The van der Waals surface area contributed by atoms with Crippen molar-refractivity contribution in [3.63, 3.8) is 0 Å². The van der Waals surface area contributed by atoms with Gasteiger partial charge in [0.25, 0.3) is 0 Å². The Labute approximate surface area is 88.8 Å². The van der Waals surface area contributed by atoms with Gasteiger partial charge >= 0.3 is 0 Å². The Morgan fingerprint density at radius 1 is 1.43 bits per heavy atom. The Morgan fingerprint density at radius 2 is 2.14 bits per heavy atom. The van der Waals surface area contributed by atoms with E-state index in [-0.39, 0.29) is 0 Å². The second-order valence-electron chi connectivity index (χ2n) is 4.72. The van der Waals surface area contributed by atoms with Gasteiger partial charge in [0.05, 0.1) is 0 Å². The lowest BCUT2D eigenvalue weighted by Crippen LogP contribution is -2.49. The first-order valence-electron chi connectivity index (χ1n) is 6.18. The maximum Gasteiger partial charge on any atom is 0.0218 e. The summed E-state index contributed by atoms with van der Waals surface area (Å²) in [6, 6.07) is 0.917. The van der Waals surface area contributed by atoms with Gasteiger partial charge in [-0.3, -0.25) is 4.90 Å². The van der Waals surface area contributed by atoms with Crippen LogP contribution in [0.1, 0.15) is 46.5 Å². The predicted molar refractivity (Wildman–Crippen MR) is 62.3 cm³/mol. The van der Waals surface area contributed by atoms with Crippen molar-refractivity contribution < 1.29 is 0 Å². The average Bonchev–Trinajstić information content (AvgIpc) is 2.27. The molecule has 0 aromatic carbocycles. The minimum Gasteiger partial charge on any atom is -0.326 e. The predicted octanol–water partition coefficient (Wildman–Crippen LogP) is 2.23. The van der Waals surface area contributed by atoms with E-state index in [2.05, 4.69) is 25.7 Å². The fourth-order valence-corrected chi connectivity index (χ4v) is 2.41. The van der Waals surface area contributed by atoms with Crippen LogP contribution in [-0.2, 0) is 0 Å². The zero-order valence-corrected chi connectivity index (χ0v) is 10.00. The monoisotopic (exact) mass is 198 g/mol. The second-order valence-corrected chi connectivity index (χ2v) is 4.72. The van der Waals surface area contributed by atoms with Crippen molar-refractivity contribution in [3.8, 4) is 0 Å². The highest BCUT2D eigenvalue weighted by Gasteiger charge is 2.24. The molecule has 0 spiro atoms. The zero-order valence-electron chi connectivity index (χ0n) is 10.00. The second kappa shape index (κ2) is 5.72. The molecule has 14 heavy (non-hydrogen) atoms. The topological polar surface area (TPSA) is 29.3 Å². The Bertz CT molecular complexity index is 156. The molecule has 2 nitrogen and oxygen atoms in total. The van der Waals surface area contributed by atoms with Crippen LogP contribution >= 0.6 is 0 Å². The molecule has 3 unspecified atom stereocenters. The van der Waals surface area contributed by atoms with Gasteiger partial charge < -0.3 is 5.73 Å². The number of rotatable bonds is 4. The third kappa shape index (κ3) is 2.96. The summed E-state index contributed by atoms with van der Waals surface area (Å²) in [5, 5.41) is 0. The largest absolute Gasteiger partial charge is 0.326 e. The summed E-state index contributed by atoms with van der Waals surface area (Å²) < 4.78 is 0. The van der Waals surface area contributed by atoms with Crippen LogP contribution < -0.4 is 5.73 Å². The summed E-state index contributed by atoms with van der Waals surface area (Å²) >= 11 is 0. The molecular weight excluding hydrogens is 172 g/mol. The molecule has 1 fully saturated rings. The number of piperidine rings is 1. The molecule has 0 aromatic rings. The average molecular weight is 198 g/mol. The van der Waals surface area contributed by atoms with Gasteiger partial charge in [-0.2, -0.15) is 0 Å². The van der Waals surface area contributed by atoms with E-state index in [4.69, 9.17) is 5.73 Å². The highest BCUT2D eigenvalue weighted by atomic mass is 15.2. The summed E-state index contributed by atoms with van der Waals surface area (Å²) in [4.78, 5) is 2.59. The van der Waals surface area contributed by atoms with Crippen molar-refractivity contribution in [2.45, 2.75) is 58.5 Å². The lowest BCUT2D eigenvalue weighted by atomic mass is 9.93. The fraction of sp³-hybridized carbons (Fsp3) is 1.00. The van der Waals surface area contributed by atoms with Gasteiger partial charge in [0.15, 0.2) is 0 Å². The van der Waals surface area contributed by atoms with E-state index >= 15 is 0 Å². The molecule has 1 saturated heterocycles. The standard InChI is InChI=1S/C12H26N2/c1-4-11-7-6-8-14(9-11)10(3)12(13)5-2/h10-12H,4-9,13H2,1-3H3. The summed E-state index contributed by atoms with van der Waals surface area (Å²) in [7, 11) is 0. The van der Waals surface area contributed by atoms with E-state index in [1.54, 1.807) is 0 Å². The molecular formula is C12H26N2. The van der Waals surface area contributed by atoms with Crippen LogP contribution in [0.15, 0.2) is 0 Å². The lowest BCUT2D eigenvalue weighted by molar-refractivity contribution is 0.113. The van der Waals surface area contributed by atoms with Gasteiger partial charge in [0.1, 0.15) is 0 Å². The number of hydrogen-bond donors (Lipinski definition) is 1. The molecule has 1 aliphatic heterocycles. The van der Waals surface area contributed by atoms with E-state index in [0.29, 0.717) is 12.1 Å². The highest BCUT2D eigenvalue weighted by molar-refractivity contribution is 4.82. The summed E-state index contributed by atoms with van der Waals surface area (Å²) in [5.41, 5.74) is 6.09. The van der Waals surface area contributed by atoms with Gasteiger partial charge in [-0.25, -0.2) is 0 Å². The number of likely N-dealkylation sites (tertiary alicyclic amines) is 1. The summed E-state index contributed by atoms with van der Waals surface area (Å²) in [5.74, 6) is 0.912. The third-order valence-corrected chi connectivity index (χ3v) is 3.79. The van der Waals surface area contributed by atoms with Crippen molar-refractivity contribution in [1.82, 2.24) is 4.90 Å². The quantitative estimate of drug-likeness (QED) is 0.750. The Kier molecular flexibility index (Phi) is 4.90. The van der Waals surface area contributed by atoms with Gasteiger partial charge in [0.2, 0.25) is 0 Å². The van der Waals surface area contributed by atoms with Gasteiger partial charge in [0, 0.05) is 18.6 Å². The molecule has 3 atom stereocenters. The molecule has 0 aromatic heterocycles. The molecule has 0 saturated carbocycles. The van der Waals surface area contributed by atoms with Crippen LogP contribution in [0.4, 0.5) is 0 Å². The van der Waals surface area contributed by atoms with E-state index in [1.165, 1.54) is 32.4 Å². The van der Waals surface area contributed by atoms with Crippen molar-refractivity contribution in [3.05, 3.63) is 0 Å². The molecule has 1 aliphatic rings. The van der Waals surface area contributed by atoms with Crippen molar-refractivity contribution in [2.24, 2.45) is 11.7 Å². The highest BCUT2D eigenvalue weighted by Crippen LogP contribution is 2.21. The first-order valence-corrected chi connectivity index (χ1v) is 6.18. The van der Waals surface area contributed by atoms with Crippen molar-refractivity contribution >= 4 is 0 Å². The molecule has 0 radical (unpaired) electrons. The Morgan fingerprint density at radius 3 is 2.71 bits per heavy atom. The SMILES string of the molecule is CCC1CCCN(C(C)C(N)CC)C1. The molecule has 2 N–H and O–H groups in total. The van der Waals surface area contributed by atoms with E-state index in [9.17, 15) is 0 Å². The van der Waals surface area contributed by atoms with Crippen LogP contribution in [0, 0.1) is 5.92 Å². The fourth-order valence-electron chi connectivity index (χ4n) is 2.41.